The van der Waals surface area contributed by atoms with Crippen molar-refractivity contribution in [3.05, 3.63) is 57.5 Å². The second-order valence-corrected chi connectivity index (χ2v) is 6.61. The highest BCUT2D eigenvalue weighted by atomic mass is 32.1. The van der Waals surface area contributed by atoms with Crippen LogP contribution in [0.4, 0.5) is 5.69 Å². The summed E-state index contributed by atoms with van der Waals surface area (Å²) in [4.78, 5) is 43.1. The van der Waals surface area contributed by atoms with E-state index in [4.69, 9.17) is 0 Å². The predicted molar refractivity (Wildman–Crippen MR) is 91.8 cm³/mol. The first-order valence-corrected chi connectivity index (χ1v) is 8.28. The maximum absolute atomic E-state index is 12.5. The van der Waals surface area contributed by atoms with Gasteiger partial charge in [0.1, 0.15) is 4.83 Å². The first-order chi connectivity index (χ1) is 11.5. The maximum atomic E-state index is 12.5. The number of fused-ring (bicyclic) bond motifs is 2. The van der Waals surface area contributed by atoms with Crippen molar-refractivity contribution in [1.82, 2.24) is 9.55 Å². The van der Waals surface area contributed by atoms with E-state index in [1.165, 1.54) is 22.2 Å². The van der Waals surface area contributed by atoms with Crippen LogP contribution in [0.25, 0.3) is 10.2 Å². The lowest BCUT2D eigenvalue weighted by atomic mass is 10.0. The van der Waals surface area contributed by atoms with Crippen LogP contribution in [0, 0.1) is 0 Å². The van der Waals surface area contributed by atoms with E-state index in [2.05, 4.69) is 4.98 Å². The van der Waals surface area contributed by atoms with Crippen molar-refractivity contribution >= 4 is 38.9 Å². The van der Waals surface area contributed by atoms with E-state index in [1.807, 2.05) is 0 Å². The monoisotopic (exact) mass is 339 g/mol. The molecule has 6 nitrogen and oxygen atoms in total. The number of hydrogen-bond donors (Lipinski definition) is 0. The van der Waals surface area contributed by atoms with E-state index in [9.17, 15) is 14.4 Å². The molecule has 0 atom stereocenters. The van der Waals surface area contributed by atoms with Crippen molar-refractivity contribution in [3.63, 3.8) is 0 Å². The summed E-state index contributed by atoms with van der Waals surface area (Å²) in [7, 11) is 1.72. The van der Waals surface area contributed by atoms with Crippen LogP contribution in [0.1, 0.15) is 15.9 Å². The zero-order valence-electron chi connectivity index (χ0n) is 12.9. The van der Waals surface area contributed by atoms with Crippen LogP contribution in [0.3, 0.4) is 0 Å². The zero-order valence-corrected chi connectivity index (χ0v) is 13.7. The van der Waals surface area contributed by atoms with Crippen molar-refractivity contribution in [2.24, 2.45) is 0 Å². The minimum Gasteiger partial charge on any atom is -0.315 e. The molecule has 3 aromatic rings. The maximum Gasteiger partial charge on any atom is 0.262 e. The largest absolute Gasteiger partial charge is 0.315 e. The van der Waals surface area contributed by atoms with Crippen molar-refractivity contribution in [1.29, 1.82) is 0 Å². The molecule has 0 spiro atoms. The average Bonchev–Trinajstić information content (AvgIpc) is 3.15. The highest BCUT2D eigenvalue weighted by Gasteiger charge is 2.24. The first kappa shape index (κ1) is 14.8. The molecule has 1 amide bonds. The summed E-state index contributed by atoms with van der Waals surface area (Å²) in [5, 5.41) is 2.33. The van der Waals surface area contributed by atoms with Crippen molar-refractivity contribution < 1.29 is 9.59 Å². The van der Waals surface area contributed by atoms with Crippen LogP contribution in [0.5, 0.6) is 0 Å². The molecular formula is C17H13N3O3S. The number of amides is 1. The minimum absolute atomic E-state index is 0.0120. The van der Waals surface area contributed by atoms with Gasteiger partial charge in [-0.05, 0) is 35.2 Å². The first-order valence-electron chi connectivity index (χ1n) is 7.40. The Morgan fingerprint density at radius 2 is 2.12 bits per heavy atom. The minimum atomic E-state index is -0.217. The SMILES string of the molecule is CN1C(=O)Cc2cc(C(=O)Cn3cnc4sccc4c3=O)ccc21. The summed E-state index contributed by atoms with van der Waals surface area (Å²) < 4.78 is 1.32. The molecule has 0 fully saturated rings. The number of rotatable bonds is 3. The molecule has 0 aliphatic carbocycles. The van der Waals surface area contributed by atoms with Crippen molar-refractivity contribution in [2.75, 3.05) is 11.9 Å². The molecule has 7 heteroatoms. The normalized spacial score (nSPS) is 13.5. The molecule has 0 unspecified atom stereocenters. The van der Waals surface area contributed by atoms with Gasteiger partial charge < -0.3 is 4.90 Å². The lowest BCUT2D eigenvalue weighted by Crippen LogP contribution is -2.24. The van der Waals surface area contributed by atoms with Gasteiger partial charge in [0.2, 0.25) is 5.91 Å². The molecule has 4 rings (SSSR count). The second kappa shape index (κ2) is 5.38. The summed E-state index contributed by atoms with van der Waals surface area (Å²) in [6.07, 6.45) is 1.71. The fourth-order valence-electron chi connectivity index (χ4n) is 2.90. The Bertz CT molecular complexity index is 1050. The summed E-state index contributed by atoms with van der Waals surface area (Å²) in [6.45, 7) is -0.0693. The van der Waals surface area contributed by atoms with Gasteiger partial charge in [0.25, 0.3) is 5.56 Å². The fourth-order valence-corrected chi connectivity index (χ4v) is 3.62. The Morgan fingerprint density at radius 1 is 1.29 bits per heavy atom. The Morgan fingerprint density at radius 3 is 2.96 bits per heavy atom. The van der Waals surface area contributed by atoms with E-state index < -0.39 is 0 Å². The fraction of sp³-hybridized carbons (Fsp3) is 0.176. The number of Topliss-reactive ketones (excluding diaryl/α,β-unsaturated/α-hetero) is 1. The molecule has 0 radical (unpaired) electrons. The third-order valence-electron chi connectivity index (χ3n) is 4.24. The number of ketones is 1. The van der Waals surface area contributed by atoms with Gasteiger partial charge in [-0.25, -0.2) is 4.98 Å². The highest BCUT2D eigenvalue weighted by molar-refractivity contribution is 7.16. The molecule has 1 aliphatic heterocycles. The molecule has 1 aromatic carbocycles. The van der Waals surface area contributed by atoms with E-state index in [0.29, 0.717) is 22.2 Å². The van der Waals surface area contributed by atoms with Gasteiger partial charge in [-0.1, -0.05) is 0 Å². The van der Waals surface area contributed by atoms with Gasteiger partial charge in [0.15, 0.2) is 5.78 Å². The average molecular weight is 339 g/mol. The van der Waals surface area contributed by atoms with Gasteiger partial charge in [-0.2, -0.15) is 0 Å². The Kier molecular flexibility index (Phi) is 3.31. The van der Waals surface area contributed by atoms with Crippen LogP contribution >= 0.6 is 11.3 Å². The number of likely N-dealkylation sites (N-methyl/N-ethyl adjacent to an activating group) is 1. The third-order valence-corrected chi connectivity index (χ3v) is 5.06. The van der Waals surface area contributed by atoms with E-state index in [0.717, 1.165) is 11.3 Å². The molecule has 2 aromatic heterocycles. The van der Waals surface area contributed by atoms with Crippen LogP contribution in [0.15, 0.2) is 40.8 Å². The van der Waals surface area contributed by atoms with Gasteiger partial charge >= 0.3 is 0 Å². The van der Waals surface area contributed by atoms with Crippen molar-refractivity contribution in [2.45, 2.75) is 13.0 Å². The van der Waals surface area contributed by atoms with Crippen LogP contribution < -0.4 is 10.5 Å². The number of carbonyl (C=O) groups excluding carboxylic acids is 2. The summed E-state index contributed by atoms with van der Waals surface area (Å²) in [6, 6.07) is 6.92. The molecule has 0 bridgehead atoms. The van der Waals surface area contributed by atoms with Gasteiger partial charge in [-0.3, -0.25) is 19.0 Å². The summed E-state index contributed by atoms with van der Waals surface area (Å²) >= 11 is 1.39. The Hall–Kier alpha value is -2.80. The summed E-state index contributed by atoms with van der Waals surface area (Å²) in [5.41, 5.74) is 1.95. The molecule has 0 saturated heterocycles. The Labute approximate surface area is 141 Å². The van der Waals surface area contributed by atoms with Crippen LogP contribution in [0.2, 0.25) is 0 Å². The molecule has 3 heterocycles. The van der Waals surface area contributed by atoms with Gasteiger partial charge in [0, 0.05) is 18.3 Å². The summed E-state index contributed by atoms with van der Waals surface area (Å²) in [5.74, 6) is -0.170. The molecule has 1 aliphatic rings. The van der Waals surface area contributed by atoms with Gasteiger partial charge in [0.05, 0.1) is 24.7 Å². The smallest absolute Gasteiger partial charge is 0.262 e. The molecule has 120 valence electrons. The van der Waals surface area contributed by atoms with Crippen LogP contribution in [-0.2, 0) is 17.8 Å². The molecule has 0 saturated carbocycles. The predicted octanol–water partition coefficient (Wildman–Crippen LogP) is 1.86. The lowest BCUT2D eigenvalue weighted by Gasteiger charge is -2.10. The number of anilines is 1. The number of aromatic nitrogens is 2. The number of carbonyl (C=O) groups is 2. The van der Waals surface area contributed by atoms with E-state index in [-0.39, 0.29) is 23.8 Å². The number of hydrogen-bond acceptors (Lipinski definition) is 5. The standard InChI is InChI=1S/C17H13N3O3S/c1-19-13-3-2-10(6-11(13)7-15(19)22)14(21)8-20-9-18-16-12(17(20)23)4-5-24-16/h2-6,9H,7-8H2,1H3. The van der Waals surface area contributed by atoms with Gasteiger partial charge in [-0.15, -0.1) is 11.3 Å². The molecule has 24 heavy (non-hydrogen) atoms. The van der Waals surface area contributed by atoms with Crippen molar-refractivity contribution in [3.8, 4) is 0 Å². The number of nitrogens with zero attached hydrogens (tertiary/aromatic N) is 3. The molecule has 0 N–H and O–H groups in total. The second-order valence-electron chi connectivity index (χ2n) is 5.71. The van der Waals surface area contributed by atoms with E-state index >= 15 is 0 Å². The Balaban J connectivity index is 1.65. The zero-order chi connectivity index (χ0) is 16.8. The van der Waals surface area contributed by atoms with E-state index in [1.54, 1.807) is 41.6 Å². The number of benzene rings is 1. The quantitative estimate of drug-likeness (QED) is 0.683. The lowest BCUT2D eigenvalue weighted by molar-refractivity contribution is -0.117. The van der Waals surface area contributed by atoms with Crippen LogP contribution in [-0.4, -0.2) is 28.3 Å². The highest BCUT2D eigenvalue weighted by Crippen LogP contribution is 2.28. The third kappa shape index (κ3) is 2.25. The number of thiophene rings is 1. The molecular weight excluding hydrogens is 326 g/mol. The topological polar surface area (TPSA) is 72.3 Å².